The molecular weight excluding hydrogens is 250 g/mol. The van der Waals surface area contributed by atoms with Gasteiger partial charge in [0.25, 0.3) is 0 Å². The highest BCUT2D eigenvalue weighted by Gasteiger charge is 2.33. The first-order chi connectivity index (χ1) is 8.30. The van der Waals surface area contributed by atoms with Crippen LogP contribution < -0.4 is 15.8 Å². The summed E-state index contributed by atoms with van der Waals surface area (Å²) in [6, 6.07) is 4.91. The van der Waals surface area contributed by atoms with E-state index in [2.05, 4.69) is 6.92 Å². The van der Waals surface area contributed by atoms with E-state index in [1.807, 2.05) is 18.0 Å². The van der Waals surface area contributed by atoms with E-state index < -0.39 is 10.0 Å². The van der Waals surface area contributed by atoms with Gasteiger partial charge in [0.1, 0.15) is 4.90 Å². The van der Waals surface area contributed by atoms with Gasteiger partial charge in [-0.25, -0.2) is 13.6 Å². The molecule has 18 heavy (non-hydrogen) atoms. The monoisotopic (exact) mass is 269 g/mol. The van der Waals surface area contributed by atoms with E-state index in [0.717, 1.165) is 18.2 Å². The van der Waals surface area contributed by atoms with Crippen molar-refractivity contribution in [3.05, 3.63) is 18.2 Å². The lowest BCUT2D eigenvalue weighted by Gasteiger charge is -2.22. The fraction of sp³-hybridized carbons (Fsp3) is 0.500. The lowest BCUT2D eigenvalue weighted by Crippen LogP contribution is -2.23. The number of nitrogens with two attached hydrogens (primary N) is 2. The van der Waals surface area contributed by atoms with Gasteiger partial charge < -0.3 is 10.6 Å². The van der Waals surface area contributed by atoms with Gasteiger partial charge in [-0.3, -0.25) is 0 Å². The first-order valence-corrected chi connectivity index (χ1v) is 7.47. The molecule has 2 rings (SSSR count). The van der Waals surface area contributed by atoms with Crippen molar-refractivity contribution in [2.24, 2.45) is 17.0 Å². The molecule has 0 aromatic heterocycles. The van der Waals surface area contributed by atoms with Crippen molar-refractivity contribution >= 4 is 21.4 Å². The third kappa shape index (κ3) is 2.59. The number of rotatable bonds is 4. The summed E-state index contributed by atoms with van der Waals surface area (Å²) < 4.78 is 22.8. The second kappa shape index (κ2) is 4.44. The van der Waals surface area contributed by atoms with E-state index in [0.29, 0.717) is 5.92 Å². The van der Waals surface area contributed by atoms with Crippen LogP contribution in [0.15, 0.2) is 23.1 Å². The Morgan fingerprint density at radius 2 is 2.06 bits per heavy atom. The Labute approximate surface area is 108 Å². The maximum Gasteiger partial charge on any atom is 0.240 e. The van der Waals surface area contributed by atoms with Crippen LogP contribution >= 0.6 is 0 Å². The van der Waals surface area contributed by atoms with Crippen LogP contribution in [-0.2, 0) is 10.0 Å². The predicted octanol–water partition coefficient (Wildman–Crippen LogP) is 1.01. The molecule has 2 unspecified atom stereocenters. The van der Waals surface area contributed by atoms with Crippen molar-refractivity contribution in [3.63, 3.8) is 0 Å². The molecular formula is C12H19N3O2S. The molecule has 0 radical (unpaired) electrons. The van der Waals surface area contributed by atoms with E-state index in [-0.39, 0.29) is 10.6 Å². The Bertz CT molecular complexity index is 556. The molecule has 6 heteroatoms. The minimum atomic E-state index is -3.76. The minimum Gasteiger partial charge on any atom is -0.396 e. The molecule has 1 saturated carbocycles. The number of hydrogen-bond acceptors (Lipinski definition) is 4. The van der Waals surface area contributed by atoms with Crippen molar-refractivity contribution in [2.75, 3.05) is 24.2 Å². The van der Waals surface area contributed by atoms with Gasteiger partial charge in [-0.05, 0) is 30.4 Å². The molecule has 1 fully saturated rings. The van der Waals surface area contributed by atoms with Gasteiger partial charge >= 0.3 is 0 Å². The number of hydrogen-bond donors (Lipinski definition) is 2. The maximum atomic E-state index is 11.4. The Hall–Kier alpha value is -1.27. The molecule has 1 aromatic carbocycles. The first-order valence-electron chi connectivity index (χ1n) is 5.93. The zero-order chi connectivity index (χ0) is 13.5. The summed E-state index contributed by atoms with van der Waals surface area (Å²) in [6.45, 7) is 3.10. The number of primary sulfonamides is 1. The molecule has 2 atom stereocenters. The van der Waals surface area contributed by atoms with Gasteiger partial charge in [0, 0.05) is 13.6 Å². The lowest BCUT2D eigenvalue weighted by molar-refractivity contribution is 0.598. The molecule has 5 nitrogen and oxygen atoms in total. The molecule has 0 spiro atoms. The fourth-order valence-electron chi connectivity index (χ4n) is 2.22. The smallest absolute Gasteiger partial charge is 0.240 e. The molecule has 1 aliphatic carbocycles. The summed E-state index contributed by atoms with van der Waals surface area (Å²) >= 11 is 0. The number of benzene rings is 1. The van der Waals surface area contributed by atoms with Crippen molar-refractivity contribution in [1.82, 2.24) is 0 Å². The quantitative estimate of drug-likeness (QED) is 0.798. The van der Waals surface area contributed by atoms with Crippen molar-refractivity contribution in [3.8, 4) is 0 Å². The van der Waals surface area contributed by atoms with Crippen LogP contribution in [0, 0.1) is 11.8 Å². The van der Waals surface area contributed by atoms with Gasteiger partial charge in [0.05, 0.1) is 11.4 Å². The Balaban J connectivity index is 2.28. The Kier molecular flexibility index (Phi) is 3.25. The van der Waals surface area contributed by atoms with Gasteiger partial charge in [-0.15, -0.1) is 0 Å². The summed E-state index contributed by atoms with van der Waals surface area (Å²) in [4.78, 5) is 1.99. The first kappa shape index (κ1) is 13.2. The van der Waals surface area contributed by atoms with Crippen molar-refractivity contribution in [1.29, 1.82) is 0 Å². The summed E-state index contributed by atoms with van der Waals surface area (Å²) in [6.07, 6.45) is 1.22. The van der Waals surface area contributed by atoms with E-state index >= 15 is 0 Å². The average Bonchev–Trinajstić information content (AvgIpc) is 2.92. The summed E-state index contributed by atoms with van der Waals surface area (Å²) in [5.74, 6) is 1.42. The second-order valence-electron chi connectivity index (χ2n) is 5.09. The number of anilines is 2. The van der Waals surface area contributed by atoms with Crippen LogP contribution in [0.4, 0.5) is 11.4 Å². The van der Waals surface area contributed by atoms with E-state index in [1.54, 1.807) is 6.07 Å². The topological polar surface area (TPSA) is 89.4 Å². The zero-order valence-corrected chi connectivity index (χ0v) is 11.4. The number of nitrogen functional groups attached to an aromatic ring is 1. The molecule has 0 saturated heterocycles. The van der Waals surface area contributed by atoms with Gasteiger partial charge in [-0.2, -0.15) is 0 Å². The van der Waals surface area contributed by atoms with E-state index in [4.69, 9.17) is 10.9 Å². The Morgan fingerprint density at radius 3 is 2.56 bits per heavy atom. The van der Waals surface area contributed by atoms with Crippen LogP contribution in [0.3, 0.4) is 0 Å². The van der Waals surface area contributed by atoms with Crippen LogP contribution in [0.5, 0.6) is 0 Å². The van der Waals surface area contributed by atoms with E-state index in [9.17, 15) is 8.42 Å². The molecule has 1 aliphatic rings. The summed E-state index contributed by atoms with van der Waals surface area (Å²) in [5, 5.41) is 5.14. The molecule has 0 amide bonds. The number of para-hydroxylation sites is 1. The zero-order valence-electron chi connectivity index (χ0n) is 10.6. The van der Waals surface area contributed by atoms with Gasteiger partial charge in [0.2, 0.25) is 10.0 Å². The van der Waals surface area contributed by atoms with Crippen molar-refractivity contribution < 1.29 is 8.42 Å². The van der Waals surface area contributed by atoms with Crippen LogP contribution in [0.2, 0.25) is 0 Å². The molecule has 0 aliphatic heterocycles. The SMILES string of the molecule is CC1CC1CN(C)c1cccc(S(N)(=O)=O)c1N. The van der Waals surface area contributed by atoms with Crippen LogP contribution in [0.1, 0.15) is 13.3 Å². The average molecular weight is 269 g/mol. The molecule has 100 valence electrons. The predicted molar refractivity (Wildman–Crippen MR) is 72.8 cm³/mol. The Morgan fingerprint density at radius 1 is 1.44 bits per heavy atom. The number of sulfonamides is 1. The van der Waals surface area contributed by atoms with Crippen molar-refractivity contribution in [2.45, 2.75) is 18.2 Å². The lowest BCUT2D eigenvalue weighted by atomic mass is 10.2. The summed E-state index contributed by atoms with van der Waals surface area (Å²) in [5.41, 5.74) is 6.86. The molecule has 0 bridgehead atoms. The van der Waals surface area contributed by atoms with Crippen LogP contribution in [0.25, 0.3) is 0 Å². The summed E-state index contributed by atoms with van der Waals surface area (Å²) in [7, 11) is -1.84. The molecule has 4 N–H and O–H groups in total. The standard InChI is InChI=1S/C12H19N3O2S/c1-8-6-9(8)7-15(2)10-4-3-5-11(12(10)13)18(14,16)17/h3-5,8-9H,6-7,13H2,1-2H3,(H2,14,16,17). The number of nitrogens with zero attached hydrogens (tertiary/aromatic N) is 1. The highest BCUT2D eigenvalue weighted by atomic mass is 32.2. The highest BCUT2D eigenvalue weighted by molar-refractivity contribution is 7.89. The largest absolute Gasteiger partial charge is 0.396 e. The molecule has 0 heterocycles. The highest BCUT2D eigenvalue weighted by Crippen LogP contribution is 2.39. The minimum absolute atomic E-state index is 0.00399. The third-order valence-corrected chi connectivity index (χ3v) is 4.51. The van der Waals surface area contributed by atoms with Gasteiger partial charge in [0.15, 0.2) is 0 Å². The van der Waals surface area contributed by atoms with Crippen LogP contribution in [-0.4, -0.2) is 22.0 Å². The maximum absolute atomic E-state index is 11.4. The third-order valence-electron chi connectivity index (χ3n) is 3.55. The second-order valence-corrected chi connectivity index (χ2v) is 6.62. The van der Waals surface area contributed by atoms with E-state index in [1.165, 1.54) is 12.5 Å². The normalized spacial score (nSPS) is 22.8. The fourth-order valence-corrected chi connectivity index (χ4v) is 2.90. The van der Waals surface area contributed by atoms with Gasteiger partial charge in [-0.1, -0.05) is 13.0 Å². The molecule has 1 aromatic rings.